The fourth-order valence-electron chi connectivity index (χ4n) is 2.34. The van der Waals surface area contributed by atoms with E-state index >= 15 is 0 Å². The number of thiocarbonyl (C=S) groups is 1. The molecule has 4 nitrogen and oxygen atoms in total. The summed E-state index contributed by atoms with van der Waals surface area (Å²) in [5.41, 5.74) is 2.94. The van der Waals surface area contributed by atoms with Crippen molar-refractivity contribution in [3.05, 3.63) is 46.0 Å². The van der Waals surface area contributed by atoms with Crippen LogP contribution in [-0.2, 0) is 6.54 Å². The van der Waals surface area contributed by atoms with Gasteiger partial charge in [0.2, 0.25) is 0 Å². The topological polar surface area (TPSA) is 41.9 Å². The van der Waals surface area contributed by atoms with Crippen LogP contribution in [0.2, 0.25) is 5.02 Å². The molecule has 2 aromatic rings. The zero-order valence-corrected chi connectivity index (χ0v) is 15.9. The van der Waals surface area contributed by atoms with Crippen LogP contribution in [0.25, 0.3) is 0 Å². The third-order valence-corrected chi connectivity index (χ3v) is 4.55. The average Bonchev–Trinajstić information content (AvgIpc) is 2.78. The van der Waals surface area contributed by atoms with Crippen LogP contribution >= 0.6 is 23.8 Å². The molecule has 2 N–H and O–H groups in total. The van der Waals surface area contributed by atoms with Gasteiger partial charge in [0.25, 0.3) is 0 Å². The van der Waals surface area contributed by atoms with E-state index < -0.39 is 0 Å². The first kappa shape index (κ1) is 18.7. The van der Waals surface area contributed by atoms with Gasteiger partial charge in [0.1, 0.15) is 5.82 Å². The zero-order valence-electron chi connectivity index (χ0n) is 14.3. The summed E-state index contributed by atoms with van der Waals surface area (Å²) in [4.78, 5) is 0. The van der Waals surface area contributed by atoms with Gasteiger partial charge in [0, 0.05) is 16.6 Å². The largest absolute Gasteiger partial charge is 0.360 e. The highest BCUT2D eigenvalue weighted by atomic mass is 35.5. The van der Waals surface area contributed by atoms with E-state index in [-0.39, 0.29) is 18.4 Å². The van der Waals surface area contributed by atoms with E-state index in [0.29, 0.717) is 15.7 Å². The molecule has 0 aliphatic carbocycles. The molecule has 0 radical (unpaired) electrons. The van der Waals surface area contributed by atoms with Gasteiger partial charge in [-0.15, -0.1) is 0 Å². The van der Waals surface area contributed by atoms with Crippen molar-refractivity contribution in [3.63, 3.8) is 0 Å². The average molecular weight is 369 g/mol. The maximum absolute atomic E-state index is 14.0. The molecule has 1 atom stereocenters. The molecule has 1 heterocycles. The third-order valence-electron chi connectivity index (χ3n) is 3.98. The Morgan fingerprint density at radius 2 is 2.12 bits per heavy atom. The van der Waals surface area contributed by atoms with E-state index in [1.165, 1.54) is 6.07 Å². The van der Waals surface area contributed by atoms with Crippen LogP contribution in [0, 0.1) is 19.7 Å². The highest BCUT2D eigenvalue weighted by Gasteiger charge is 2.16. The number of rotatable bonds is 5. The number of aromatic nitrogens is 2. The number of hydrogen-bond donors (Lipinski definition) is 2. The van der Waals surface area contributed by atoms with Crippen molar-refractivity contribution in [2.75, 3.05) is 5.32 Å². The summed E-state index contributed by atoms with van der Waals surface area (Å²) >= 11 is 11.4. The predicted octanol–water partition coefficient (Wildman–Crippen LogP) is 4.43. The van der Waals surface area contributed by atoms with Crippen molar-refractivity contribution in [2.24, 2.45) is 0 Å². The summed E-state index contributed by atoms with van der Waals surface area (Å²) in [6, 6.07) is 4.96. The van der Waals surface area contributed by atoms with E-state index in [0.717, 1.165) is 23.5 Å². The molecule has 1 aromatic carbocycles. The van der Waals surface area contributed by atoms with E-state index in [9.17, 15) is 4.39 Å². The van der Waals surface area contributed by atoms with Crippen LogP contribution in [0.3, 0.4) is 0 Å². The lowest BCUT2D eigenvalue weighted by molar-refractivity contribution is 0.579. The first-order valence-corrected chi connectivity index (χ1v) is 8.66. The highest BCUT2D eigenvalue weighted by Crippen LogP contribution is 2.24. The second-order valence-corrected chi connectivity index (χ2v) is 6.63. The lowest BCUT2D eigenvalue weighted by atomic mass is 10.2. The quantitative estimate of drug-likeness (QED) is 0.766. The summed E-state index contributed by atoms with van der Waals surface area (Å²) in [6.07, 6.45) is 0.977. The first-order chi connectivity index (χ1) is 11.3. The third kappa shape index (κ3) is 4.24. The molecular weight excluding hydrogens is 347 g/mol. The van der Waals surface area contributed by atoms with Crippen LogP contribution in [-0.4, -0.2) is 20.9 Å². The molecular formula is C17H22ClFN4S. The Labute approximate surface area is 152 Å². The molecule has 24 heavy (non-hydrogen) atoms. The Bertz CT molecular complexity index is 724. The van der Waals surface area contributed by atoms with Gasteiger partial charge >= 0.3 is 0 Å². The number of hydrogen-bond acceptors (Lipinski definition) is 2. The normalized spacial score (nSPS) is 12.1. The van der Waals surface area contributed by atoms with Crippen LogP contribution < -0.4 is 10.6 Å². The highest BCUT2D eigenvalue weighted by molar-refractivity contribution is 7.80. The Hall–Kier alpha value is -1.66. The van der Waals surface area contributed by atoms with Gasteiger partial charge in [-0.25, -0.2) is 4.39 Å². The Morgan fingerprint density at radius 1 is 1.42 bits per heavy atom. The van der Waals surface area contributed by atoms with Crippen LogP contribution in [0.4, 0.5) is 10.1 Å². The maximum Gasteiger partial charge on any atom is 0.171 e. The fourth-order valence-corrected chi connectivity index (χ4v) is 2.87. The number of aryl methyl sites for hydroxylation is 1. The summed E-state index contributed by atoms with van der Waals surface area (Å²) in [5, 5.41) is 11.8. The summed E-state index contributed by atoms with van der Waals surface area (Å²) < 4.78 is 15.7. The predicted molar refractivity (Wildman–Crippen MR) is 101 cm³/mol. The van der Waals surface area contributed by atoms with E-state index in [4.69, 9.17) is 23.8 Å². The minimum absolute atomic E-state index is 0.269. The van der Waals surface area contributed by atoms with Gasteiger partial charge in [-0.3, -0.25) is 4.68 Å². The smallest absolute Gasteiger partial charge is 0.171 e. The summed E-state index contributed by atoms with van der Waals surface area (Å²) in [6.45, 7) is 8.24. The van der Waals surface area contributed by atoms with Crippen molar-refractivity contribution in [1.82, 2.24) is 15.1 Å². The Morgan fingerprint density at radius 3 is 2.75 bits per heavy atom. The Balaban J connectivity index is 2.21. The molecule has 0 fully saturated rings. The zero-order chi connectivity index (χ0) is 17.9. The number of benzene rings is 1. The molecule has 0 aliphatic heterocycles. The van der Waals surface area contributed by atoms with E-state index in [1.54, 1.807) is 16.8 Å². The molecule has 0 amide bonds. The van der Waals surface area contributed by atoms with Gasteiger partial charge in [-0.05, 0) is 51.5 Å². The molecule has 1 aromatic heterocycles. The van der Waals surface area contributed by atoms with Gasteiger partial charge in [0.05, 0.1) is 23.6 Å². The molecule has 0 saturated carbocycles. The number of anilines is 1. The van der Waals surface area contributed by atoms with Gasteiger partial charge in [-0.1, -0.05) is 24.6 Å². The van der Waals surface area contributed by atoms with Crippen molar-refractivity contribution in [1.29, 1.82) is 0 Å². The van der Waals surface area contributed by atoms with Gasteiger partial charge < -0.3 is 10.6 Å². The second kappa shape index (κ2) is 7.94. The number of nitrogens with one attached hydrogen (secondary N) is 2. The van der Waals surface area contributed by atoms with E-state index in [2.05, 4.69) is 29.6 Å². The minimum Gasteiger partial charge on any atom is -0.360 e. The monoisotopic (exact) mass is 368 g/mol. The molecule has 1 unspecified atom stereocenters. The standard InChI is InChI=1S/C17H22ClFN4S/c1-5-10(2)20-17(24)21-16-11(3)22-23(12(16)4)9-13-14(18)7-6-8-15(13)19/h6-8,10H,5,9H2,1-4H3,(H2,20,21,24). The van der Waals surface area contributed by atoms with Gasteiger partial charge in [-0.2, -0.15) is 5.10 Å². The van der Waals surface area contributed by atoms with Crippen LogP contribution in [0.15, 0.2) is 18.2 Å². The molecule has 0 aliphatic rings. The second-order valence-electron chi connectivity index (χ2n) is 5.81. The van der Waals surface area contributed by atoms with Crippen molar-refractivity contribution >= 4 is 34.6 Å². The van der Waals surface area contributed by atoms with Crippen LogP contribution in [0.5, 0.6) is 0 Å². The van der Waals surface area contributed by atoms with Gasteiger partial charge in [0.15, 0.2) is 5.11 Å². The van der Waals surface area contributed by atoms with Crippen LogP contribution in [0.1, 0.15) is 37.2 Å². The SMILES string of the molecule is CCC(C)NC(=S)Nc1c(C)nn(Cc2c(F)cccc2Cl)c1C. The Kier molecular flexibility index (Phi) is 6.18. The number of halogens is 2. The summed E-state index contributed by atoms with van der Waals surface area (Å²) in [5.74, 6) is -0.335. The number of nitrogens with zero attached hydrogens (tertiary/aromatic N) is 2. The molecule has 0 saturated heterocycles. The lowest BCUT2D eigenvalue weighted by Crippen LogP contribution is -2.35. The molecule has 2 rings (SSSR count). The maximum atomic E-state index is 14.0. The molecule has 0 spiro atoms. The summed E-state index contributed by atoms with van der Waals surface area (Å²) in [7, 11) is 0. The van der Waals surface area contributed by atoms with E-state index in [1.807, 2.05) is 13.8 Å². The first-order valence-electron chi connectivity index (χ1n) is 7.87. The van der Waals surface area contributed by atoms with Crippen molar-refractivity contribution in [2.45, 2.75) is 46.7 Å². The fraction of sp³-hybridized carbons (Fsp3) is 0.412. The lowest BCUT2D eigenvalue weighted by Gasteiger charge is -2.15. The molecule has 0 bridgehead atoms. The minimum atomic E-state index is -0.335. The molecule has 7 heteroatoms. The molecule has 130 valence electrons. The van der Waals surface area contributed by atoms with Crippen molar-refractivity contribution < 1.29 is 4.39 Å². The van der Waals surface area contributed by atoms with Crippen molar-refractivity contribution in [3.8, 4) is 0 Å².